The average Bonchev–Trinajstić information content (AvgIpc) is 2.42. The molecule has 0 bridgehead atoms. The predicted octanol–water partition coefficient (Wildman–Crippen LogP) is 2.93. The second-order valence-electron chi connectivity index (χ2n) is 4.27. The van der Waals surface area contributed by atoms with Crippen molar-refractivity contribution in [2.75, 3.05) is 6.61 Å². The van der Waals surface area contributed by atoms with Crippen LogP contribution in [-0.2, 0) is 17.8 Å². The third-order valence-electron chi connectivity index (χ3n) is 3.02. The minimum atomic E-state index is -0.140. The number of benzene rings is 1. The summed E-state index contributed by atoms with van der Waals surface area (Å²) in [6, 6.07) is 5.47. The van der Waals surface area contributed by atoms with E-state index in [4.69, 9.17) is 16.3 Å². The lowest BCUT2D eigenvalue weighted by atomic mass is 10.1. The molecule has 98 valence electrons. The molecule has 19 heavy (non-hydrogen) atoms. The van der Waals surface area contributed by atoms with E-state index in [2.05, 4.69) is 25.9 Å². The summed E-state index contributed by atoms with van der Waals surface area (Å²) in [6.45, 7) is 0.934. The van der Waals surface area contributed by atoms with E-state index in [0.29, 0.717) is 36.0 Å². The molecule has 1 aliphatic heterocycles. The number of H-pyrrole nitrogens is 1. The van der Waals surface area contributed by atoms with Gasteiger partial charge in [0, 0.05) is 16.5 Å². The molecule has 1 aromatic heterocycles. The summed E-state index contributed by atoms with van der Waals surface area (Å²) in [5.74, 6) is 0.542. The second-order valence-corrected chi connectivity index (χ2v) is 5.53. The topological polar surface area (TPSA) is 55.0 Å². The van der Waals surface area contributed by atoms with Gasteiger partial charge in [0.25, 0.3) is 5.56 Å². The second kappa shape index (κ2) is 5.07. The number of fused-ring (bicyclic) bond motifs is 1. The molecule has 1 aromatic carbocycles. The lowest BCUT2D eigenvalue weighted by molar-refractivity contribution is 0.108. The Morgan fingerprint density at radius 3 is 3.05 bits per heavy atom. The van der Waals surface area contributed by atoms with Gasteiger partial charge in [0.15, 0.2) is 0 Å². The number of nitrogens with zero attached hydrogens (tertiary/aromatic N) is 1. The maximum Gasteiger partial charge on any atom is 0.256 e. The van der Waals surface area contributed by atoms with Crippen LogP contribution in [0.4, 0.5) is 0 Å². The van der Waals surface area contributed by atoms with Crippen molar-refractivity contribution in [1.29, 1.82) is 0 Å². The molecule has 0 aliphatic carbocycles. The van der Waals surface area contributed by atoms with Crippen LogP contribution in [0.5, 0.6) is 0 Å². The molecule has 0 amide bonds. The van der Waals surface area contributed by atoms with Crippen molar-refractivity contribution in [3.05, 3.63) is 49.3 Å². The van der Waals surface area contributed by atoms with Gasteiger partial charge in [-0.1, -0.05) is 17.7 Å². The molecule has 0 atom stereocenters. The van der Waals surface area contributed by atoms with E-state index in [1.807, 2.05) is 12.1 Å². The Bertz CT molecular complexity index is 700. The van der Waals surface area contributed by atoms with Gasteiger partial charge in [-0.15, -0.1) is 0 Å². The molecule has 1 aliphatic rings. The predicted molar refractivity (Wildman–Crippen MR) is 76.4 cm³/mol. The molecule has 0 saturated carbocycles. The number of rotatable bonds is 1. The maximum atomic E-state index is 12.0. The molecule has 6 heteroatoms. The first-order chi connectivity index (χ1) is 9.15. The van der Waals surface area contributed by atoms with E-state index in [1.54, 1.807) is 6.07 Å². The number of ether oxygens (including phenoxy) is 1. The van der Waals surface area contributed by atoms with E-state index in [0.717, 1.165) is 15.7 Å². The van der Waals surface area contributed by atoms with Crippen LogP contribution in [0, 0.1) is 0 Å². The van der Waals surface area contributed by atoms with Gasteiger partial charge in [-0.2, -0.15) is 0 Å². The fraction of sp³-hybridized carbons (Fsp3) is 0.231. The number of hydrogen-bond acceptors (Lipinski definition) is 3. The lowest BCUT2D eigenvalue weighted by Gasteiger charge is -2.15. The third-order valence-corrected chi connectivity index (χ3v) is 4.26. The highest BCUT2D eigenvalue weighted by molar-refractivity contribution is 9.10. The first-order valence-corrected chi connectivity index (χ1v) is 6.97. The minimum absolute atomic E-state index is 0.140. The first kappa shape index (κ1) is 12.8. The van der Waals surface area contributed by atoms with Crippen molar-refractivity contribution in [2.24, 2.45) is 0 Å². The van der Waals surface area contributed by atoms with Crippen LogP contribution in [-0.4, -0.2) is 16.6 Å². The Hall–Kier alpha value is -1.17. The Labute approximate surface area is 122 Å². The van der Waals surface area contributed by atoms with Crippen LogP contribution in [0.2, 0.25) is 5.02 Å². The first-order valence-electron chi connectivity index (χ1n) is 5.80. The van der Waals surface area contributed by atoms with E-state index in [1.165, 1.54) is 0 Å². The van der Waals surface area contributed by atoms with Crippen LogP contribution < -0.4 is 5.56 Å². The van der Waals surface area contributed by atoms with Gasteiger partial charge in [-0.3, -0.25) is 4.79 Å². The highest BCUT2D eigenvalue weighted by Gasteiger charge is 2.16. The van der Waals surface area contributed by atoms with Crippen molar-refractivity contribution >= 4 is 27.5 Å². The van der Waals surface area contributed by atoms with Gasteiger partial charge in [0.05, 0.1) is 29.5 Å². The normalized spacial score (nSPS) is 14.2. The monoisotopic (exact) mass is 340 g/mol. The lowest BCUT2D eigenvalue weighted by Crippen LogP contribution is -2.24. The number of aromatic nitrogens is 2. The highest BCUT2D eigenvalue weighted by Crippen LogP contribution is 2.27. The summed E-state index contributed by atoms with van der Waals surface area (Å²) in [7, 11) is 0. The average molecular weight is 342 g/mol. The van der Waals surface area contributed by atoms with Gasteiger partial charge in [0.2, 0.25) is 0 Å². The quantitative estimate of drug-likeness (QED) is 0.867. The Morgan fingerprint density at radius 2 is 2.26 bits per heavy atom. The minimum Gasteiger partial charge on any atom is -0.376 e. The summed E-state index contributed by atoms with van der Waals surface area (Å²) in [6.07, 6.45) is 0.663. The summed E-state index contributed by atoms with van der Waals surface area (Å²) >= 11 is 9.40. The molecule has 0 saturated heterocycles. The maximum absolute atomic E-state index is 12.0. The third kappa shape index (κ3) is 2.45. The SMILES string of the molecule is O=c1[nH]c(-c2ccc(Br)c(Cl)c2)nc2c1COCC2. The molecule has 3 rings (SSSR count). The molecular weight excluding hydrogens is 332 g/mol. The number of halogens is 2. The Balaban J connectivity index is 2.12. The van der Waals surface area contributed by atoms with Gasteiger partial charge in [-0.05, 0) is 28.1 Å². The van der Waals surface area contributed by atoms with E-state index >= 15 is 0 Å². The van der Waals surface area contributed by atoms with Crippen molar-refractivity contribution < 1.29 is 4.74 Å². The molecule has 0 fully saturated rings. The van der Waals surface area contributed by atoms with Crippen LogP contribution in [0.3, 0.4) is 0 Å². The van der Waals surface area contributed by atoms with Gasteiger partial charge in [-0.25, -0.2) is 4.98 Å². The van der Waals surface area contributed by atoms with Gasteiger partial charge < -0.3 is 9.72 Å². The van der Waals surface area contributed by atoms with Crippen molar-refractivity contribution in [1.82, 2.24) is 9.97 Å². The molecule has 2 heterocycles. The summed E-state index contributed by atoms with van der Waals surface area (Å²) in [5, 5.41) is 0.584. The summed E-state index contributed by atoms with van der Waals surface area (Å²) in [4.78, 5) is 19.3. The zero-order valence-corrected chi connectivity index (χ0v) is 12.2. The van der Waals surface area contributed by atoms with E-state index < -0.39 is 0 Å². The van der Waals surface area contributed by atoms with Crippen LogP contribution in [0.25, 0.3) is 11.4 Å². The summed E-state index contributed by atoms with van der Waals surface area (Å²) < 4.78 is 6.08. The number of aromatic amines is 1. The molecule has 0 radical (unpaired) electrons. The van der Waals surface area contributed by atoms with Crippen LogP contribution >= 0.6 is 27.5 Å². The van der Waals surface area contributed by atoms with Crippen molar-refractivity contribution in [3.8, 4) is 11.4 Å². The molecule has 0 spiro atoms. The Kier molecular flexibility index (Phi) is 3.43. The van der Waals surface area contributed by atoms with Crippen LogP contribution in [0.15, 0.2) is 27.5 Å². The Morgan fingerprint density at radius 1 is 1.42 bits per heavy atom. The zero-order valence-electron chi connectivity index (χ0n) is 9.87. The zero-order chi connectivity index (χ0) is 13.4. The van der Waals surface area contributed by atoms with Gasteiger partial charge in [0.1, 0.15) is 5.82 Å². The van der Waals surface area contributed by atoms with Crippen molar-refractivity contribution in [3.63, 3.8) is 0 Å². The summed E-state index contributed by atoms with van der Waals surface area (Å²) in [5.41, 5.74) is 2.08. The highest BCUT2D eigenvalue weighted by atomic mass is 79.9. The largest absolute Gasteiger partial charge is 0.376 e. The van der Waals surface area contributed by atoms with E-state index in [-0.39, 0.29) is 5.56 Å². The smallest absolute Gasteiger partial charge is 0.256 e. The standard InChI is InChI=1S/C13H10BrClN2O2/c14-9-2-1-7(5-10(9)15)12-16-11-3-4-19-6-8(11)13(18)17-12/h1-2,5H,3-4,6H2,(H,16,17,18). The molecule has 4 nitrogen and oxygen atoms in total. The van der Waals surface area contributed by atoms with E-state index in [9.17, 15) is 4.79 Å². The molecular formula is C13H10BrClN2O2. The van der Waals surface area contributed by atoms with Gasteiger partial charge >= 0.3 is 0 Å². The fourth-order valence-corrected chi connectivity index (χ4v) is 2.45. The van der Waals surface area contributed by atoms with Crippen molar-refractivity contribution in [2.45, 2.75) is 13.0 Å². The number of hydrogen-bond donors (Lipinski definition) is 1. The fourth-order valence-electron chi connectivity index (χ4n) is 2.02. The molecule has 2 aromatic rings. The molecule has 0 unspecified atom stereocenters. The van der Waals surface area contributed by atoms with Crippen LogP contribution in [0.1, 0.15) is 11.3 Å². The number of nitrogens with one attached hydrogen (secondary N) is 1. The molecule has 1 N–H and O–H groups in total.